The maximum Gasteiger partial charge on any atom is 0.337 e. The largest absolute Gasteiger partial charge is 0.478 e. The lowest BCUT2D eigenvalue weighted by Gasteiger charge is -2.14. The first-order chi connectivity index (χ1) is 9.88. The highest BCUT2D eigenvalue weighted by Crippen LogP contribution is 2.28. The zero-order valence-electron chi connectivity index (χ0n) is 11.4. The minimum Gasteiger partial charge on any atom is -0.478 e. The molecule has 0 saturated carbocycles. The number of non-ortho nitro benzene ring substituents is 1. The van der Waals surface area contributed by atoms with Crippen molar-refractivity contribution in [2.45, 2.75) is 19.9 Å². The van der Waals surface area contributed by atoms with Crippen LogP contribution in [0.2, 0.25) is 0 Å². The fourth-order valence-corrected chi connectivity index (χ4v) is 2.60. The number of carboxylic acid groups (broad SMARTS) is 1. The third-order valence-electron chi connectivity index (χ3n) is 2.83. The minimum atomic E-state index is -1.14. The molecule has 0 amide bonds. The first kappa shape index (κ1) is 14.9. The van der Waals surface area contributed by atoms with E-state index in [0.29, 0.717) is 0 Å². The van der Waals surface area contributed by atoms with Gasteiger partial charge in [-0.3, -0.25) is 10.1 Å². The molecule has 1 heterocycles. The summed E-state index contributed by atoms with van der Waals surface area (Å²) in [5, 5.41) is 23.7. The van der Waals surface area contributed by atoms with Crippen LogP contribution in [0.5, 0.6) is 0 Å². The van der Waals surface area contributed by atoms with Crippen LogP contribution in [0.1, 0.15) is 33.2 Å². The smallest absolute Gasteiger partial charge is 0.337 e. The van der Waals surface area contributed by atoms with Crippen LogP contribution in [-0.4, -0.2) is 21.0 Å². The van der Waals surface area contributed by atoms with E-state index in [1.165, 1.54) is 29.5 Å². The molecule has 0 aliphatic heterocycles. The molecule has 1 aromatic carbocycles. The fourth-order valence-electron chi connectivity index (χ4n) is 1.82. The first-order valence-electron chi connectivity index (χ1n) is 6.09. The van der Waals surface area contributed by atoms with E-state index in [2.05, 4.69) is 10.3 Å². The molecule has 0 radical (unpaired) electrons. The van der Waals surface area contributed by atoms with Gasteiger partial charge in [-0.1, -0.05) is 0 Å². The Balaban J connectivity index is 2.34. The number of aromatic carboxylic acids is 1. The third kappa shape index (κ3) is 3.34. The van der Waals surface area contributed by atoms with Crippen LogP contribution < -0.4 is 5.32 Å². The van der Waals surface area contributed by atoms with E-state index < -0.39 is 10.9 Å². The normalized spacial score (nSPS) is 11.9. The van der Waals surface area contributed by atoms with Crippen LogP contribution in [-0.2, 0) is 0 Å². The average molecular weight is 307 g/mol. The molecular formula is C13H13N3O4S. The van der Waals surface area contributed by atoms with Crippen molar-refractivity contribution in [3.63, 3.8) is 0 Å². The summed E-state index contributed by atoms with van der Waals surface area (Å²) in [6.45, 7) is 3.74. The summed E-state index contributed by atoms with van der Waals surface area (Å²) in [6, 6.07) is 3.37. The van der Waals surface area contributed by atoms with E-state index >= 15 is 0 Å². The Labute approximate surface area is 124 Å². The van der Waals surface area contributed by atoms with Crippen molar-refractivity contribution in [3.05, 3.63) is 50.0 Å². The van der Waals surface area contributed by atoms with Gasteiger partial charge in [0.2, 0.25) is 0 Å². The van der Waals surface area contributed by atoms with Gasteiger partial charge in [-0.15, -0.1) is 11.3 Å². The predicted octanol–water partition coefficient (Wildman–Crippen LogP) is 3.23. The van der Waals surface area contributed by atoms with Crippen molar-refractivity contribution in [1.82, 2.24) is 4.98 Å². The summed E-state index contributed by atoms with van der Waals surface area (Å²) in [6.07, 6.45) is 1.73. The lowest BCUT2D eigenvalue weighted by molar-refractivity contribution is -0.384. The number of hydrogen-bond acceptors (Lipinski definition) is 6. The highest BCUT2D eigenvalue weighted by atomic mass is 32.1. The molecule has 1 unspecified atom stereocenters. The number of hydrogen-bond donors (Lipinski definition) is 2. The number of rotatable bonds is 5. The van der Waals surface area contributed by atoms with E-state index in [1.807, 2.05) is 13.8 Å². The number of nitro benzene ring substituents is 1. The van der Waals surface area contributed by atoms with Crippen LogP contribution >= 0.6 is 11.3 Å². The van der Waals surface area contributed by atoms with Gasteiger partial charge in [0.25, 0.3) is 5.69 Å². The van der Waals surface area contributed by atoms with E-state index in [-0.39, 0.29) is 23.0 Å². The molecule has 110 valence electrons. The van der Waals surface area contributed by atoms with Crippen molar-refractivity contribution >= 4 is 28.7 Å². The molecule has 1 atom stereocenters. The van der Waals surface area contributed by atoms with E-state index in [9.17, 15) is 14.9 Å². The van der Waals surface area contributed by atoms with E-state index in [0.717, 1.165) is 9.88 Å². The van der Waals surface area contributed by atoms with Crippen molar-refractivity contribution in [2.24, 2.45) is 0 Å². The number of nitro groups is 1. The summed E-state index contributed by atoms with van der Waals surface area (Å²) < 4.78 is 0. The molecule has 2 aromatic rings. The lowest BCUT2D eigenvalue weighted by Crippen LogP contribution is -2.11. The standard InChI is InChI=1S/C13H13N3O4S/c1-7-6-14-12(21-7)8(2)15-11-5-9(16(19)20)3-4-10(11)13(17)18/h3-6,8,15H,1-2H3,(H,17,18). The molecule has 0 bridgehead atoms. The molecule has 0 spiro atoms. The van der Waals surface area contributed by atoms with Crippen molar-refractivity contribution < 1.29 is 14.8 Å². The number of nitrogens with zero attached hydrogens (tertiary/aromatic N) is 2. The molecule has 2 N–H and O–H groups in total. The molecule has 8 heteroatoms. The van der Waals surface area contributed by atoms with Gasteiger partial charge in [0, 0.05) is 23.2 Å². The molecule has 1 aromatic heterocycles. The highest BCUT2D eigenvalue weighted by molar-refractivity contribution is 7.11. The number of aromatic nitrogens is 1. The zero-order chi connectivity index (χ0) is 15.6. The molecule has 0 fully saturated rings. The maximum absolute atomic E-state index is 11.2. The van der Waals surface area contributed by atoms with Gasteiger partial charge in [-0.2, -0.15) is 0 Å². The summed E-state index contributed by atoms with van der Waals surface area (Å²) in [4.78, 5) is 26.7. The Hall–Kier alpha value is -2.48. The SMILES string of the molecule is Cc1cnc(C(C)Nc2cc([N+](=O)[O-])ccc2C(=O)O)s1. The average Bonchev–Trinajstić information content (AvgIpc) is 2.85. The van der Waals surface area contributed by atoms with Crippen molar-refractivity contribution in [2.75, 3.05) is 5.32 Å². The summed E-state index contributed by atoms with van der Waals surface area (Å²) in [7, 11) is 0. The predicted molar refractivity (Wildman–Crippen MR) is 78.9 cm³/mol. The van der Waals surface area contributed by atoms with Gasteiger partial charge < -0.3 is 10.4 Å². The van der Waals surface area contributed by atoms with Gasteiger partial charge in [0.05, 0.1) is 22.2 Å². The van der Waals surface area contributed by atoms with Crippen LogP contribution in [0, 0.1) is 17.0 Å². The first-order valence-corrected chi connectivity index (χ1v) is 6.90. The van der Waals surface area contributed by atoms with E-state index in [1.54, 1.807) is 6.20 Å². The van der Waals surface area contributed by atoms with Gasteiger partial charge in [-0.05, 0) is 19.9 Å². The van der Waals surface area contributed by atoms with Crippen molar-refractivity contribution in [1.29, 1.82) is 0 Å². The number of benzene rings is 1. The Kier molecular flexibility index (Phi) is 4.18. The van der Waals surface area contributed by atoms with Crippen LogP contribution in [0.15, 0.2) is 24.4 Å². The Bertz CT molecular complexity index is 698. The van der Waals surface area contributed by atoms with Gasteiger partial charge in [-0.25, -0.2) is 9.78 Å². The Morgan fingerprint density at radius 1 is 1.52 bits per heavy atom. The van der Waals surface area contributed by atoms with Gasteiger partial charge in [0.1, 0.15) is 5.01 Å². The van der Waals surface area contributed by atoms with E-state index in [4.69, 9.17) is 5.11 Å². The van der Waals surface area contributed by atoms with Crippen LogP contribution in [0.4, 0.5) is 11.4 Å². The molecule has 0 aliphatic carbocycles. The molecular weight excluding hydrogens is 294 g/mol. The van der Waals surface area contributed by atoms with Crippen LogP contribution in [0.3, 0.4) is 0 Å². The summed E-state index contributed by atoms with van der Waals surface area (Å²) >= 11 is 1.48. The number of nitrogens with one attached hydrogen (secondary N) is 1. The Morgan fingerprint density at radius 2 is 2.24 bits per heavy atom. The second-order valence-corrected chi connectivity index (χ2v) is 5.73. The van der Waals surface area contributed by atoms with Crippen LogP contribution in [0.25, 0.3) is 0 Å². The fraction of sp³-hybridized carbons (Fsp3) is 0.231. The molecule has 0 saturated heterocycles. The lowest BCUT2D eigenvalue weighted by atomic mass is 10.1. The van der Waals surface area contributed by atoms with Gasteiger partial charge >= 0.3 is 5.97 Å². The number of carboxylic acids is 1. The third-order valence-corrected chi connectivity index (χ3v) is 3.92. The quantitative estimate of drug-likeness (QED) is 0.649. The summed E-state index contributed by atoms with van der Waals surface area (Å²) in [5.74, 6) is -1.14. The zero-order valence-corrected chi connectivity index (χ0v) is 12.2. The number of aryl methyl sites for hydroxylation is 1. The molecule has 0 aliphatic rings. The summed E-state index contributed by atoms with van der Waals surface area (Å²) in [5.41, 5.74) is 0.0304. The minimum absolute atomic E-state index is 0.0132. The topological polar surface area (TPSA) is 105 Å². The second-order valence-electron chi connectivity index (χ2n) is 4.47. The van der Waals surface area contributed by atoms with Gasteiger partial charge in [0.15, 0.2) is 0 Å². The van der Waals surface area contributed by atoms with Crippen molar-refractivity contribution in [3.8, 4) is 0 Å². The second kappa shape index (κ2) is 5.88. The molecule has 2 rings (SSSR count). The number of carbonyl (C=O) groups is 1. The number of anilines is 1. The molecule has 7 nitrogen and oxygen atoms in total. The number of thiazole rings is 1. The monoisotopic (exact) mass is 307 g/mol. The Morgan fingerprint density at radius 3 is 2.76 bits per heavy atom. The maximum atomic E-state index is 11.2. The highest BCUT2D eigenvalue weighted by Gasteiger charge is 2.18. The molecule has 21 heavy (non-hydrogen) atoms.